The summed E-state index contributed by atoms with van der Waals surface area (Å²) in [7, 11) is 0. The normalized spacial score (nSPS) is 11.3. The van der Waals surface area contributed by atoms with Gasteiger partial charge in [0.25, 0.3) is 0 Å². The van der Waals surface area contributed by atoms with E-state index in [0.29, 0.717) is 29.3 Å². The quantitative estimate of drug-likeness (QED) is 0.435. The van der Waals surface area contributed by atoms with Crippen LogP contribution in [0.3, 0.4) is 0 Å². The average molecular weight is 392 g/mol. The number of para-hydroxylation sites is 1. The predicted molar refractivity (Wildman–Crippen MR) is 114 cm³/mol. The minimum atomic E-state index is 0.396. The van der Waals surface area contributed by atoms with Crippen molar-refractivity contribution in [1.29, 1.82) is 0 Å². The van der Waals surface area contributed by atoms with E-state index in [2.05, 4.69) is 23.8 Å². The molecule has 4 rings (SSSR count). The van der Waals surface area contributed by atoms with Crippen LogP contribution in [0.5, 0.6) is 5.88 Å². The number of nitrogens with one attached hydrogen (secondary N) is 1. The summed E-state index contributed by atoms with van der Waals surface area (Å²) in [5, 5.41) is 1.46. The molecule has 0 aliphatic carbocycles. The van der Waals surface area contributed by atoms with Gasteiger partial charge in [0.05, 0.1) is 0 Å². The Balaban J connectivity index is 1.75. The van der Waals surface area contributed by atoms with Gasteiger partial charge in [-0.1, -0.05) is 74.0 Å². The maximum Gasteiger partial charge on any atom is 0.236 e. The highest BCUT2D eigenvalue weighted by molar-refractivity contribution is 6.32. The lowest BCUT2D eigenvalue weighted by molar-refractivity contribution is 0.287. The van der Waals surface area contributed by atoms with Crippen molar-refractivity contribution in [2.75, 3.05) is 0 Å². The summed E-state index contributed by atoms with van der Waals surface area (Å²) >= 11 is 6.55. The minimum Gasteiger partial charge on any atom is -0.471 e. The predicted octanol–water partition coefficient (Wildman–Crippen LogP) is 6.06. The molecule has 0 aliphatic heterocycles. The number of ether oxygens (including phenoxy) is 1. The maximum absolute atomic E-state index is 6.55. The summed E-state index contributed by atoms with van der Waals surface area (Å²) in [5.41, 5.74) is 4.47. The number of halogens is 1. The van der Waals surface area contributed by atoms with Crippen molar-refractivity contribution < 1.29 is 4.74 Å². The maximum atomic E-state index is 6.55. The molecule has 0 saturated heterocycles. The number of fused-ring (bicyclic) bond motifs is 1. The highest BCUT2D eigenvalue weighted by Gasteiger charge is 2.18. The van der Waals surface area contributed by atoms with E-state index in [1.54, 1.807) is 0 Å². The zero-order valence-electron chi connectivity index (χ0n) is 15.9. The van der Waals surface area contributed by atoms with Crippen LogP contribution in [-0.4, -0.2) is 15.0 Å². The molecule has 2 aromatic carbocycles. The Morgan fingerprint density at radius 1 is 1.00 bits per heavy atom. The van der Waals surface area contributed by atoms with Gasteiger partial charge in [-0.3, -0.25) is 0 Å². The zero-order chi connectivity index (χ0) is 19.5. The van der Waals surface area contributed by atoms with Crippen LogP contribution >= 0.6 is 11.6 Å². The molecule has 0 atom stereocenters. The Morgan fingerprint density at radius 3 is 2.54 bits per heavy atom. The fourth-order valence-electron chi connectivity index (χ4n) is 3.23. The van der Waals surface area contributed by atoms with Gasteiger partial charge in [-0.05, 0) is 24.0 Å². The SMILES string of the molecule is CC(C)Cc1nc(Cl)c(-c2c[nH]c3ccccc23)nc1OCc1ccccc1. The van der Waals surface area contributed by atoms with Gasteiger partial charge in [-0.25, -0.2) is 9.97 Å². The molecule has 0 aliphatic rings. The summed E-state index contributed by atoms with van der Waals surface area (Å²) in [6.45, 7) is 4.73. The van der Waals surface area contributed by atoms with Crippen molar-refractivity contribution >= 4 is 22.5 Å². The van der Waals surface area contributed by atoms with E-state index in [1.165, 1.54) is 0 Å². The highest BCUT2D eigenvalue weighted by atomic mass is 35.5. The molecule has 28 heavy (non-hydrogen) atoms. The first kappa shape index (κ1) is 18.5. The van der Waals surface area contributed by atoms with E-state index < -0.39 is 0 Å². The second-order valence-electron chi connectivity index (χ2n) is 7.24. The average Bonchev–Trinajstić information content (AvgIpc) is 3.12. The topological polar surface area (TPSA) is 50.8 Å². The van der Waals surface area contributed by atoms with Crippen LogP contribution in [0.15, 0.2) is 60.8 Å². The van der Waals surface area contributed by atoms with E-state index in [9.17, 15) is 0 Å². The third-order valence-corrected chi connectivity index (χ3v) is 4.82. The van der Waals surface area contributed by atoms with Crippen LogP contribution < -0.4 is 4.74 Å². The molecule has 0 spiro atoms. The molecule has 0 fully saturated rings. The van der Waals surface area contributed by atoms with Gasteiger partial charge in [0.2, 0.25) is 5.88 Å². The Bertz CT molecular complexity index is 1090. The molecule has 1 N–H and O–H groups in total. The molecule has 0 bridgehead atoms. The Hall–Kier alpha value is -2.85. The fraction of sp³-hybridized carbons (Fsp3) is 0.217. The second-order valence-corrected chi connectivity index (χ2v) is 7.59. The van der Waals surface area contributed by atoms with Gasteiger partial charge in [-0.2, -0.15) is 0 Å². The lowest BCUT2D eigenvalue weighted by atomic mass is 10.1. The van der Waals surface area contributed by atoms with Gasteiger partial charge in [0, 0.05) is 22.7 Å². The molecule has 4 nitrogen and oxygen atoms in total. The van der Waals surface area contributed by atoms with E-state index in [-0.39, 0.29) is 0 Å². The first-order valence-electron chi connectivity index (χ1n) is 9.41. The Kier molecular flexibility index (Phi) is 5.31. The van der Waals surface area contributed by atoms with E-state index in [0.717, 1.165) is 34.1 Å². The first-order chi connectivity index (χ1) is 13.6. The van der Waals surface area contributed by atoms with Crippen molar-refractivity contribution in [2.45, 2.75) is 26.9 Å². The van der Waals surface area contributed by atoms with Crippen LogP contribution in [0.4, 0.5) is 0 Å². The molecule has 0 saturated carbocycles. The highest BCUT2D eigenvalue weighted by Crippen LogP contribution is 2.34. The molecule has 2 aromatic heterocycles. The fourth-order valence-corrected chi connectivity index (χ4v) is 3.48. The van der Waals surface area contributed by atoms with Crippen LogP contribution in [0.2, 0.25) is 5.15 Å². The minimum absolute atomic E-state index is 0.396. The number of aromatic amines is 1. The summed E-state index contributed by atoms with van der Waals surface area (Å²) < 4.78 is 6.09. The van der Waals surface area contributed by atoms with Crippen molar-refractivity contribution in [2.24, 2.45) is 5.92 Å². The molecular weight excluding hydrogens is 370 g/mol. The van der Waals surface area contributed by atoms with Crippen molar-refractivity contribution in [3.8, 4) is 17.1 Å². The molecule has 4 aromatic rings. The zero-order valence-corrected chi connectivity index (χ0v) is 16.7. The standard InChI is InChI=1S/C23H22ClN3O/c1-15(2)12-20-23(28-14-16-8-4-3-5-9-16)27-21(22(24)26-20)18-13-25-19-11-7-6-10-17(18)19/h3-11,13,15,25H,12,14H2,1-2H3. The number of nitrogens with zero attached hydrogens (tertiary/aromatic N) is 2. The Labute approximate surface area is 169 Å². The second kappa shape index (κ2) is 8.03. The first-order valence-corrected chi connectivity index (χ1v) is 9.79. The number of rotatable bonds is 6. The molecule has 0 amide bonds. The molecule has 142 valence electrons. The lowest BCUT2D eigenvalue weighted by Crippen LogP contribution is -2.07. The van der Waals surface area contributed by atoms with Crippen LogP contribution in [0.1, 0.15) is 25.1 Å². The molecule has 5 heteroatoms. The summed E-state index contributed by atoms with van der Waals surface area (Å²) in [6.07, 6.45) is 2.68. The molecule has 0 radical (unpaired) electrons. The number of aromatic nitrogens is 3. The van der Waals surface area contributed by atoms with Gasteiger partial charge < -0.3 is 9.72 Å². The van der Waals surface area contributed by atoms with Crippen LogP contribution in [0.25, 0.3) is 22.2 Å². The van der Waals surface area contributed by atoms with Crippen LogP contribution in [-0.2, 0) is 13.0 Å². The van der Waals surface area contributed by atoms with Crippen molar-refractivity contribution in [3.63, 3.8) is 0 Å². The molecule has 0 unspecified atom stereocenters. The molecule has 2 heterocycles. The summed E-state index contributed by atoms with van der Waals surface area (Å²) in [5.74, 6) is 0.964. The van der Waals surface area contributed by atoms with Gasteiger partial charge in [0.1, 0.15) is 18.0 Å². The van der Waals surface area contributed by atoms with Crippen molar-refractivity contribution in [1.82, 2.24) is 15.0 Å². The van der Waals surface area contributed by atoms with Crippen molar-refractivity contribution in [3.05, 3.63) is 77.2 Å². The third-order valence-electron chi connectivity index (χ3n) is 4.55. The number of hydrogen-bond acceptors (Lipinski definition) is 3. The Morgan fingerprint density at radius 2 is 1.75 bits per heavy atom. The third kappa shape index (κ3) is 3.87. The monoisotopic (exact) mass is 391 g/mol. The lowest BCUT2D eigenvalue weighted by Gasteiger charge is -2.14. The van der Waals surface area contributed by atoms with Gasteiger partial charge >= 0.3 is 0 Å². The largest absolute Gasteiger partial charge is 0.471 e. The molecular formula is C23H22ClN3O. The summed E-state index contributed by atoms with van der Waals surface area (Å²) in [6, 6.07) is 18.1. The smallest absolute Gasteiger partial charge is 0.236 e. The van der Waals surface area contributed by atoms with Crippen LogP contribution in [0, 0.1) is 5.92 Å². The number of benzene rings is 2. The number of H-pyrrole nitrogens is 1. The van der Waals surface area contributed by atoms with E-state index in [1.807, 2.05) is 60.8 Å². The number of hydrogen-bond donors (Lipinski definition) is 1. The van der Waals surface area contributed by atoms with E-state index in [4.69, 9.17) is 21.3 Å². The van der Waals surface area contributed by atoms with E-state index >= 15 is 0 Å². The van der Waals surface area contributed by atoms with Gasteiger partial charge in [0.15, 0.2) is 5.15 Å². The van der Waals surface area contributed by atoms with Gasteiger partial charge in [-0.15, -0.1) is 0 Å². The summed E-state index contributed by atoms with van der Waals surface area (Å²) in [4.78, 5) is 12.7.